The molecule has 6 heteroatoms. The van der Waals surface area contributed by atoms with E-state index in [9.17, 15) is 4.39 Å². The van der Waals surface area contributed by atoms with Crippen LogP contribution in [-0.2, 0) is 24.4 Å². The Labute approximate surface area is 185 Å². The Morgan fingerprint density at radius 1 is 1.16 bits per heavy atom. The van der Waals surface area contributed by atoms with E-state index in [0.29, 0.717) is 18.2 Å². The van der Waals surface area contributed by atoms with Crippen molar-refractivity contribution in [1.29, 1.82) is 0 Å². The van der Waals surface area contributed by atoms with Gasteiger partial charge in [-0.3, -0.25) is 4.90 Å². The van der Waals surface area contributed by atoms with Crippen molar-refractivity contribution in [3.05, 3.63) is 70.5 Å². The van der Waals surface area contributed by atoms with Crippen LogP contribution in [-0.4, -0.2) is 43.6 Å². The zero-order chi connectivity index (χ0) is 22.1. The monoisotopic (exact) mass is 426 g/mol. The summed E-state index contributed by atoms with van der Waals surface area (Å²) in [7, 11) is 1.57. The van der Waals surface area contributed by atoms with Gasteiger partial charge in [-0.2, -0.15) is 0 Å². The second kappa shape index (κ2) is 11.8. The van der Waals surface area contributed by atoms with E-state index in [1.165, 1.54) is 17.2 Å². The molecule has 31 heavy (non-hydrogen) atoms. The maximum absolute atomic E-state index is 13.8. The van der Waals surface area contributed by atoms with Crippen molar-refractivity contribution in [1.82, 2.24) is 15.5 Å². The fourth-order valence-electron chi connectivity index (χ4n) is 3.98. The number of hydrogen-bond acceptors (Lipinski definition) is 3. The van der Waals surface area contributed by atoms with Gasteiger partial charge in [0.2, 0.25) is 0 Å². The normalized spacial score (nSPS) is 15.8. The minimum absolute atomic E-state index is 0.239. The highest BCUT2D eigenvalue weighted by atomic mass is 19.1. The van der Waals surface area contributed by atoms with Crippen molar-refractivity contribution in [2.24, 2.45) is 4.99 Å². The van der Waals surface area contributed by atoms with Crippen LogP contribution >= 0.6 is 0 Å². The Balaban J connectivity index is 1.52. The molecule has 5 nitrogen and oxygen atoms in total. The van der Waals surface area contributed by atoms with Crippen molar-refractivity contribution in [3.8, 4) is 0 Å². The van der Waals surface area contributed by atoms with Gasteiger partial charge in [-0.15, -0.1) is 0 Å². The third-order valence-electron chi connectivity index (χ3n) is 5.59. The van der Waals surface area contributed by atoms with E-state index in [1.54, 1.807) is 13.2 Å². The van der Waals surface area contributed by atoms with Crippen molar-refractivity contribution >= 4 is 5.96 Å². The average molecular weight is 427 g/mol. The van der Waals surface area contributed by atoms with Crippen LogP contribution in [0.25, 0.3) is 0 Å². The average Bonchev–Trinajstić information content (AvgIpc) is 2.76. The number of methoxy groups -OCH3 is 1. The number of aliphatic imine (C=N–C) groups is 1. The largest absolute Gasteiger partial charge is 0.380 e. The van der Waals surface area contributed by atoms with E-state index in [1.807, 2.05) is 6.07 Å². The van der Waals surface area contributed by atoms with Gasteiger partial charge in [-0.1, -0.05) is 35.9 Å². The maximum atomic E-state index is 13.8. The lowest BCUT2D eigenvalue weighted by atomic mass is 10.0. The smallest absolute Gasteiger partial charge is 0.191 e. The molecule has 2 N–H and O–H groups in total. The predicted octanol–water partition coefficient (Wildman–Crippen LogP) is 4.00. The number of guanidine groups is 1. The molecular weight excluding hydrogens is 391 g/mol. The van der Waals surface area contributed by atoms with Gasteiger partial charge < -0.3 is 15.4 Å². The Kier molecular flexibility index (Phi) is 8.85. The summed E-state index contributed by atoms with van der Waals surface area (Å²) in [5.74, 6) is 0.578. The summed E-state index contributed by atoms with van der Waals surface area (Å²) in [6.45, 7) is 8.93. The number of halogens is 1. The number of rotatable bonds is 8. The highest BCUT2D eigenvalue weighted by Crippen LogP contribution is 2.15. The lowest BCUT2D eigenvalue weighted by molar-refractivity contribution is 0.181. The molecule has 1 heterocycles. The van der Waals surface area contributed by atoms with Crippen LogP contribution in [0.5, 0.6) is 0 Å². The number of piperidine rings is 1. The summed E-state index contributed by atoms with van der Waals surface area (Å²) in [5.41, 5.74) is 4.23. The summed E-state index contributed by atoms with van der Waals surface area (Å²) in [5, 5.41) is 6.92. The topological polar surface area (TPSA) is 48.9 Å². The lowest BCUT2D eigenvalue weighted by Crippen LogP contribution is -2.48. The second-order valence-corrected chi connectivity index (χ2v) is 8.24. The van der Waals surface area contributed by atoms with E-state index in [4.69, 9.17) is 9.73 Å². The van der Waals surface area contributed by atoms with E-state index >= 15 is 0 Å². The number of nitrogens with one attached hydrogen (secondary N) is 2. The van der Waals surface area contributed by atoms with E-state index in [2.05, 4.69) is 53.6 Å². The first-order valence-corrected chi connectivity index (χ1v) is 11.2. The molecule has 168 valence electrons. The summed E-state index contributed by atoms with van der Waals surface area (Å²) in [6, 6.07) is 14.3. The number of benzene rings is 2. The minimum atomic E-state index is -0.239. The van der Waals surface area contributed by atoms with Crippen LogP contribution in [0.1, 0.15) is 42.0 Å². The number of hydrogen-bond donors (Lipinski definition) is 2. The van der Waals surface area contributed by atoms with Gasteiger partial charge >= 0.3 is 0 Å². The standard InChI is InChI=1S/C25H35FN4O/c1-4-27-25(28-16-20-8-9-24(26)22(15-20)18-31-3)29-23-10-12-30(13-11-23)17-21-7-5-6-19(2)14-21/h5-9,14-15,23H,4,10-13,16-18H2,1-3H3,(H2,27,28,29). The number of ether oxygens (including phenoxy) is 1. The molecule has 0 bridgehead atoms. The third kappa shape index (κ3) is 7.33. The molecule has 2 aromatic carbocycles. The molecule has 0 amide bonds. The minimum Gasteiger partial charge on any atom is -0.380 e. The Morgan fingerprint density at radius 3 is 2.68 bits per heavy atom. The first-order chi connectivity index (χ1) is 15.1. The lowest BCUT2D eigenvalue weighted by Gasteiger charge is -2.33. The second-order valence-electron chi connectivity index (χ2n) is 8.24. The van der Waals surface area contributed by atoms with Crippen LogP contribution in [0.3, 0.4) is 0 Å². The van der Waals surface area contributed by atoms with Gasteiger partial charge in [0.05, 0.1) is 13.2 Å². The Morgan fingerprint density at radius 2 is 1.97 bits per heavy atom. The molecule has 0 radical (unpaired) electrons. The zero-order valence-electron chi connectivity index (χ0n) is 19.0. The van der Waals surface area contributed by atoms with Gasteiger partial charge in [-0.25, -0.2) is 9.38 Å². The molecule has 0 atom stereocenters. The fraction of sp³-hybridized carbons (Fsp3) is 0.480. The van der Waals surface area contributed by atoms with Crippen molar-refractivity contribution in [2.45, 2.75) is 52.4 Å². The van der Waals surface area contributed by atoms with Gasteiger partial charge in [0.1, 0.15) is 5.82 Å². The summed E-state index contributed by atoms with van der Waals surface area (Å²) in [6.07, 6.45) is 2.18. The van der Waals surface area contributed by atoms with E-state index < -0.39 is 0 Å². The molecule has 2 aromatic rings. The van der Waals surface area contributed by atoms with Gasteiger partial charge in [0.15, 0.2) is 5.96 Å². The van der Waals surface area contributed by atoms with Crippen LogP contribution in [0.4, 0.5) is 4.39 Å². The van der Waals surface area contributed by atoms with Crippen LogP contribution in [0.15, 0.2) is 47.5 Å². The van der Waals surface area contributed by atoms with Crippen molar-refractivity contribution < 1.29 is 9.13 Å². The fourth-order valence-corrected chi connectivity index (χ4v) is 3.98. The van der Waals surface area contributed by atoms with Crippen molar-refractivity contribution in [3.63, 3.8) is 0 Å². The quantitative estimate of drug-likeness (QED) is 0.495. The van der Waals surface area contributed by atoms with E-state index in [0.717, 1.165) is 50.5 Å². The Hall–Kier alpha value is -2.44. The molecular formula is C25H35FN4O. The maximum Gasteiger partial charge on any atom is 0.191 e. The molecule has 0 spiro atoms. The van der Waals surface area contributed by atoms with Crippen LogP contribution in [0.2, 0.25) is 0 Å². The molecule has 0 aromatic heterocycles. The van der Waals surface area contributed by atoms with Gasteiger partial charge in [0, 0.05) is 44.9 Å². The molecule has 1 aliphatic heterocycles. The summed E-state index contributed by atoms with van der Waals surface area (Å²) < 4.78 is 18.9. The van der Waals surface area contributed by atoms with Gasteiger partial charge in [-0.05, 0) is 49.9 Å². The molecule has 0 aliphatic carbocycles. The molecule has 1 aliphatic rings. The first kappa shape index (κ1) is 23.2. The number of nitrogens with zero attached hydrogens (tertiary/aromatic N) is 2. The van der Waals surface area contributed by atoms with Crippen molar-refractivity contribution in [2.75, 3.05) is 26.7 Å². The van der Waals surface area contributed by atoms with Gasteiger partial charge in [0.25, 0.3) is 0 Å². The predicted molar refractivity (Wildman–Crippen MR) is 125 cm³/mol. The summed E-state index contributed by atoms with van der Waals surface area (Å²) in [4.78, 5) is 7.24. The van der Waals surface area contributed by atoms with Crippen LogP contribution in [0, 0.1) is 12.7 Å². The summed E-state index contributed by atoms with van der Waals surface area (Å²) >= 11 is 0. The van der Waals surface area contributed by atoms with Crippen LogP contribution < -0.4 is 10.6 Å². The molecule has 3 rings (SSSR count). The third-order valence-corrected chi connectivity index (χ3v) is 5.59. The highest BCUT2D eigenvalue weighted by Gasteiger charge is 2.20. The molecule has 1 saturated heterocycles. The molecule has 0 saturated carbocycles. The first-order valence-electron chi connectivity index (χ1n) is 11.2. The SMILES string of the molecule is CCNC(=NCc1ccc(F)c(COC)c1)NC1CCN(Cc2cccc(C)c2)CC1. The Bertz CT molecular complexity index is 862. The zero-order valence-corrected chi connectivity index (χ0v) is 19.0. The number of aryl methyl sites for hydroxylation is 1. The van der Waals surface area contributed by atoms with E-state index in [-0.39, 0.29) is 12.4 Å². The highest BCUT2D eigenvalue weighted by molar-refractivity contribution is 5.80. The number of likely N-dealkylation sites (tertiary alicyclic amines) is 1. The molecule has 0 unspecified atom stereocenters. The molecule has 1 fully saturated rings.